The van der Waals surface area contributed by atoms with Gasteiger partial charge in [-0.1, -0.05) is 11.6 Å². The minimum atomic E-state index is -4.57. The van der Waals surface area contributed by atoms with Crippen molar-refractivity contribution in [1.82, 2.24) is 20.4 Å². The van der Waals surface area contributed by atoms with Crippen LogP contribution < -0.4 is 5.32 Å². The standard InChI is InChI=1S/C22H31F3N4O4/c23-22(24,25)21(19-27-17(33-28-19)14-3-1-10-32-12-14)6-8-29(9-7-21)18(31)15-11-16(30)20(13-26-15)4-2-5-20/h14-16,26,30H,1-13H2/t14?,15-,16+/m0/s1. The summed E-state index contributed by atoms with van der Waals surface area (Å²) in [5.74, 6) is -0.583. The summed E-state index contributed by atoms with van der Waals surface area (Å²) in [6, 6.07) is -0.562. The average Bonchev–Trinajstić information content (AvgIpc) is 3.28. The summed E-state index contributed by atoms with van der Waals surface area (Å²) in [7, 11) is 0. The van der Waals surface area contributed by atoms with Crippen molar-refractivity contribution >= 4 is 5.91 Å². The molecule has 4 fully saturated rings. The molecule has 3 saturated heterocycles. The Labute approximate surface area is 190 Å². The van der Waals surface area contributed by atoms with E-state index in [1.807, 2.05) is 0 Å². The van der Waals surface area contributed by atoms with Crippen LogP contribution in [0.1, 0.15) is 69.0 Å². The molecular weight excluding hydrogens is 441 g/mol. The van der Waals surface area contributed by atoms with Crippen molar-refractivity contribution in [2.75, 3.05) is 32.8 Å². The van der Waals surface area contributed by atoms with Gasteiger partial charge in [0.2, 0.25) is 11.8 Å². The highest BCUT2D eigenvalue weighted by Gasteiger charge is 2.60. The Morgan fingerprint density at radius 1 is 1.18 bits per heavy atom. The molecule has 1 aromatic heterocycles. The van der Waals surface area contributed by atoms with Crippen LogP contribution in [-0.4, -0.2) is 77.2 Å². The van der Waals surface area contributed by atoms with Crippen LogP contribution in [0.5, 0.6) is 0 Å². The molecule has 2 N–H and O–H groups in total. The van der Waals surface area contributed by atoms with Gasteiger partial charge in [-0.15, -0.1) is 0 Å². The molecule has 4 heterocycles. The lowest BCUT2D eigenvalue weighted by molar-refractivity contribution is -0.206. The number of rotatable bonds is 3. The molecule has 1 aromatic rings. The quantitative estimate of drug-likeness (QED) is 0.696. The van der Waals surface area contributed by atoms with E-state index in [1.54, 1.807) is 0 Å². The highest BCUT2D eigenvalue weighted by molar-refractivity contribution is 5.82. The van der Waals surface area contributed by atoms with Gasteiger partial charge in [-0.3, -0.25) is 4.79 Å². The lowest BCUT2D eigenvalue weighted by Gasteiger charge is -2.51. The summed E-state index contributed by atoms with van der Waals surface area (Å²) in [6.45, 7) is 1.47. The lowest BCUT2D eigenvalue weighted by Crippen LogP contribution is -2.62. The van der Waals surface area contributed by atoms with Crippen molar-refractivity contribution in [3.63, 3.8) is 0 Å². The van der Waals surface area contributed by atoms with Crippen LogP contribution >= 0.6 is 0 Å². The number of alkyl halides is 3. The minimum absolute atomic E-state index is 0.0474. The molecule has 0 aromatic carbocycles. The van der Waals surface area contributed by atoms with Gasteiger partial charge in [-0.2, -0.15) is 18.2 Å². The number of aliphatic hydroxyl groups is 1. The summed E-state index contributed by atoms with van der Waals surface area (Å²) in [5.41, 5.74) is -2.37. The number of amides is 1. The van der Waals surface area contributed by atoms with Gasteiger partial charge in [0, 0.05) is 31.7 Å². The van der Waals surface area contributed by atoms with Crippen molar-refractivity contribution in [2.45, 2.75) is 81.0 Å². The summed E-state index contributed by atoms with van der Waals surface area (Å²) in [4.78, 5) is 18.7. The van der Waals surface area contributed by atoms with E-state index in [0.717, 1.165) is 32.1 Å². The zero-order chi connectivity index (χ0) is 23.3. The van der Waals surface area contributed by atoms with E-state index in [4.69, 9.17) is 9.26 Å². The Hall–Kier alpha value is -1.72. The molecule has 0 radical (unpaired) electrons. The van der Waals surface area contributed by atoms with E-state index in [-0.39, 0.29) is 54.9 Å². The Balaban J connectivity index is 1.26. The Bertz CT molecular complexity index is 858. The molecule has 1 saturated carbocycles. The van der Waals surface area contributed by atoms with Crippen LogP contribution in [0.2, 0.25) is 0 Å². The molecule has 33 heavy (non-hydrogen) atoms. The molecular formula is C22H31F3N4O4. The SMILES string of the molecule is O=C([C@@H]1C[C@@H](O)C2(CCC2)CN1)N1CCC(c2noc(C3CCCOC3)n2)(C(F)(F)F)CC1. The molecule has 3 aliphatic heterocycles. The van der Waals surface area contributed by atoms with Gasteiger partial charge in [0.1, 0.15) is 5.41 Å². The molecule has 184 valence electrons. The maximum absolute atomic E-state index is 14.3. The summed E-state index contributed by atoms with van der Waals surface area (Å²) in [6.07, 6.45) is -0.947. The number of nitrogens with zero attached hydrogens (tertiary/aromatic N) is 3. The van der Waals surface area contributed by atoms with Crippen LogP contribution in [0.3, 0.4) is 0 Å². The van der Waals surface area contributed by atoms with Gasteiger partial charge in [-0.05, 0) is 44.9 Å². The second-order valence-corrected chi connectivity index (χ2v) is 10.2. The maximum Gasteiger partial charge on any atom is 0.401 e. The molecule has 1 unspecified atom stereocenters. The Morgan fingerprint density at radius 3 is 2.52 bits per heavy atom. The van der Waals surface area contributed by atoms with Crippen molar-refractivity contribution in [2.24, 2.45) is 5.41 Å². The van der Waals surface area contributed by atoms with Crippen LogP contribution in [0, 0.1) is 5.41 Å². The van der Waals surface area contributed by atoms with Crippen molar-refractivity contribution in [1.29, 1.82) is 0 Å². The van der Waals surface area contributed by atoms with Gasteiger partial charge in [-0.25, -0.2) is 0 Å². The zero-order valence-electron chi connectivity index (χ0n) is 18.6. The van der Waals surface area contributed by atoms with Crippen LogP contribution in [0.4, 0.5) is 13.2 Å². The molecule has 4 aliphatic rings. The predicted molar refractivity (Wildman–Crippen MR) is 109 cm³/mol. The van der Waals surface area contributed by atoms with Crippen LogP contribution in [-0.2, 0) is 14.9 Å². The first-order chi connectivity index (χ1) is 15.7. The fourth-order valence-corrected chi connectivity index (χ4v) is 5.82. The number of aromatic nitrogens is 2. The highest BCUT2D eigenvalue weighted by atomic mass is 19.4. The number of nitrogens with one attached hydrogen (secondary N) is 1. The van der Waals surface area contributed by atoms with E-state index in [0.29, 0.717) is 26.2 Å². The third-order valence-electron chi connectivity index (χ3n) is 8.36. The van der Waals surface area contributed by atoms with Gasteiger partial charge in [0.25, 0.3) is 0 Å². The molecule has 3 atom stereocenters. The Morgan fingerprint density at radius 2 is 1.94 bits per heavy atom. The number of piperidine rings is 2. The molecule has 5 rings (SSSR count). The molecule has 8 nitrogen and oxygen atoms in total. The predicted octanol–water partition coefficient (Wildman–Crippen LogP) is 2.28. The molecule has 1 amide bonds. The maximum atomic E-state index is 14.3. The molecule has 11 heteroatoms. The largest absolute Gasteiger partial charge is 0.401 e. The van der Waals surface area contributed by atoms with Gasteiger partial charge in [0.05, 0.1) is 24.7 Å². The first-order valence-electron chi connectivity index (χ1n) is 11.9. The number of carbonyl (C=O) groups excluding carboxylic acids is 1. The summed E-state index contributed by atoms with van der Waals surface area (Å²) in [5, 5.41) is 17.5. The number of likely N-dealkylation sites (tertiary alicyclic amines) is 1. The highest BCUT2D eigenvalue weighted by Crippen LogP contribution is 2.49. The second kappa shape index (κ2) is 8.49. The number of hydrogen-bond donors (Lipinski definition) is 2. The number of aliphatic hydroxyl groups excluding tert-OH is 1. The fraction of sp³-hybridized carbons (Fsp3) is 0.864. The third kappa shape index (κ3) is 3.95. The number of carbonyl (C=O) groups is 1. The average molecular weight is 473 g/mol. The smallest absolute Gasteiger partial charge is 0.392 e. The van der Waals surface area contributed by atoms with Gasteiger partial charge >= 0.3 is 6.18 Å². The minimum Gasteiger partial charge on any atom is -0.392 e. The van der Waals surface area contributed by atoms with E-state index in [1.165, 1.54) is 4.90 Å². The molecule has 0 bridgehead atoms. The van der Waals surface area contributed by atoms with Gasteiger partial charge < -0.3 is 24.6 Å². The summed E-state index contributed by atoms with van der Waals surface area (Å²) < 4.78 is 53.5. The van der Waals surface area contributed by atoms with Crippen molar-refractivity contribution in [3.8, 4) is 0 Å². The molecule has 1 spiro atoms. The number of hydrogen-bond acceptors (Lipinski definition) is 7. The van der Waals surface area contributed by atoms with E-state index in [9.17, 15) is 23.1 Å². The monoisotopic (exact) mass is 472 g/mol. The Kier molecular flexibility index (Phi) is 5.93. The topological polar surface area (TPSA) is 101 Å². The van der Waals surface area contributed by atoms with Crippen molar-refractivity contribution < 1.29 is 32.3 Å². The van der Waals surface area contributed by atoms with E-state index >= 15 is 0 Å². The van der Waals surface area contributed by atoms with Crippen LogP contribution in [0.25, 0.3) is 0 Å². The zero-order valence-corrected chi connectivity index (χ0v) is 18.6. The van der Waals surface area contributed by atoms with Crippen LogP contribution in [0.15, 0.2) is 4.52 Å². The van der Waals surface area contributed by atoms with E-state index in [2.05, 4.69) is 15.5 Å². The summed E-state index contributed by atoms with van der Waals surface area (Å²) >= 11 is 0. The second-order valence-electron chi connectivity index (χ2n) is 10.2. The molecule has 1 aliphatic carbocycles. The van der Waals surface area contributed by atoms with E-state index < -0.39 is 23.7 Å². The third-order valence-corrected chi connectivity index (χ3v) is 8.36. The fourth-order valence-electron chi connectivity index (χ4n) is 5.82. The van der Waals surface area contributed by atoms with Crippen molar-refractivity contribution in [3.05, 3.63) is 11.7 Å². The lowest BCUT2D eigenvalue weighted by atomic mass is 9.62. The van der Waals surface area contributed by atoms with Gasteiger partial charge in [0.15, 0.2) is 5.82 Å². The number of halogens is 3. The normalized spacial score (nSPS) is 31.9. The first kappa shape index (κ1) is 23.0. The number of ether oxygens (including phenoxy) is 1. The first-order valence-corrected chi connectivity index (χ1v) is 11.9.